The van der Waals surface area contributed by atoms with Gasteiger partial charge >= 0.3 is 0 Å². The Hall–Kier alpha value is -0.790. The second-order valence-electron chi connectivity index (χ2n) is 2.30. The molecule has 0 aliphatic carbocycles. The molecule has 0 atom stereocenters. The van der Waals surface area contributed by atoms with E-state index in [1.54, 1.807) is 6.20 Å². The zero-order valence-electron chi connectivity index (χ0n) is 6.14. The molecule has 0 fully saturated rings. The molecule has 0 spiro atoms. The first kappa shape index (κ1) is 8.21. The molecule has 1 N–H and O–H groups in total. The molecule has 0 rings (SSSR count). The summed E-state index contributed by atoms with van der Waals surface area (Å²) < 4.78 is 0. The van der Waals surface area contributed by atoms with E-state index in [2.05, 4.69) is 19.2 Å². The highest BCUT2D eigenvalue weighted by molar-refractivity contribution is 5.73. The van der Waals surface area contributed by atoms with Crippen molar-refractivity contribution >= 4 is 5.91 Å². The lowest BCUT2D eigenvalue weighted by Crippen LogP contribution is -2.11. The molecule has 52 valence electrons. The number of rotatable bonds is 2. The number of carbonyl (C=O) groups excluding carboxylic acids is 1. The zero-order valence-corrected chi connectivity index (χ0v) is 6.14. The van der Waals surface area contributed by atoms with Gasteiger partial charge in [0.25, 0.3) is 0 Å². The van der Waals surface area contributed by atoms with Crippen LogP contribution in [-0.2, 0) is 4.79 Å². The van der Waals surface area contributed by atoms with Crippen LogP contribution < -0.4 is 5.32 Å². The van der Waals surface area contributed by atoms with Gasteiger partial charge in [-0.1, -0.05) is 19.9 Å². The Morgan fingerprint density at radius 1 is 1.56 bits per heavy atom. The highest BCUT2D eigenvalue weighted by atomic mass is 16.1. The molecule has 2 heteroatoms. The molecule has 0 saturated carbocycles. The largest absolute Gasteiger partial charge is 0.333 e. The van der Waals surface area contributed by atoms with Crippen LogP contribution in [0.25, 0.3) is 0 Å². The number of hydrogen-bond acceptors (Lipinski definition) is 1. The maximum absolute atomic E-state index is 10.3. The Morgan fingerprint density at radius 2 is 2.11 bits per heavy atom. The maximum atomic E-state index is 10.3. The highest BCUT2D eigenvalue weighted by Gasteiger charge is 1.84. The summed E-state index contributed by atoms with van der Waals surface area (Å²) in [7, 11) is 0. The molecule has 0 heterocycles. The van der Waals surface area contributed by atoms with Gasteiger partial charge in [0.05, 0.1) is 0 Å². The van der Waals surface area contributed by atoms with Crippen molar-refractivity contribution in [1.82, 2.24) is 5.32 Å². The minimum atomic E-state index is -0.0214. The first-order valence-corrected chi connectivity index (χ1v) is 3.06. The number of nitrogens with one attached hydrogen (secondary N) is 1. The molecular formula is C7H13NO. The lowest BCUT2D eigenvalue weighted by Gasteiger charge is -1.93. The fourth-order valence-corrected chi connectivity index (χ4v) is 0.358. The summed E-state index contributed by atoms with van der Waals surface area (Å²) in [5.41, 5.74) is 0. The first-order chi connectivity index (χ1) is 4.13. The molecule has 0 saturated heterocycles. The van der Waals surface area contributed by atoms with Crippen molar-refractivity contribution in [3.8, 4) is 0 Å². The van der Waals surface area contributed by atoms with Gasteiger partial charge in [0.15, 0.2) is 0 Å². The standard InChI is InChI=1S/C7H13NO/c1-6(2)4-5-8-7(3)9/h4-6H,1-3H3,(H,8,9)/b5-4+. The Bertz CT molecular complexity index is 116. The van der Waals surface area contributed by atoms with Crippen LogP contribution in [0, 0.1) is 5.92 Å². The van der Waals surface area contributed by atoms with Crippen molar-refractivity contribution in [2.24, 2.45) is 5.92 Å². The summed E-state index contributed by atoms with van der Waals surface area (Å²) in [6.07, 6.45) is 3.61. The molecule has 0 radical (unpaired) electrons. The Kier molecular flexibility index (Phi) is 3.76. The van der Waals surface area contributed by atoms with E-state index in [0.29, 0.717) is 5.92 Å². The van der Waals surface area contributed by atoms with E-state index < -0.39 is 0 Å². The lowest BCUT2D eigenvalue weighted by molar-refractivity contribution is -0.118. The van der Waals surface area contributed by atoms with Crippen molar-refractivity contribution in [2.45, 2.75) is 20.8 Å². The zero-order chi connectivity index (χ0) is 7.28. The van der Waals surface area contributed by atoms with Crippen molar-refractivity contribution in [1.29, 1.82) is 0 Å². The number of allylic oxidation sites excluding steroid dienone is 1. The molecule has 9 heavy (non-hydrogen) atoms. The molecule has 0 aromatic carbocycles. The van der Waals surface area contributed by atoms with Crippen LogP contribution in [0.3, 0.4) is 0 Å². The molecule has 0 bridgehead atoms. The monoisotopic (exact) mass is 127 g/mol. The Labute approximate surface area is 56.0 Å². The van der Waals surface area contributed by atoms with Gasteiger partial charge in [-0.3, -0.25) is 4.79 Å². The summed E-state index contributed by atoms with van der Waals surface area (Å²) in [4.78, 5) is 10.3. The lowest BCUT2D eigenvalue weighted by atomic mass is 10.2. The van der Waals surface area contributed by atoms with Gasteiger partial charge in [-0.05, 0) is 12.1 Å². The molecule has 0 aromatic heterocycles. The number of carbonyl (C=O) groups is 1. The van der Waals surface area contributed by atoms with Gasteiger partial charge in [0.2, 0.25) is 5.91 Å². The van der Waals surface area contributed by atoms with E-state index in [9.17, 15) is 4.79 Å². The SMILES string of the molecule is CC(=O)N/C=C/C(C)C. The molecule has 0 unspecified atom stereocenters. The van der Waals surface area contributed by atoms with Crippen LogP contribution in [0.2, 0.25) is 0 Å². The van der Waals surface area contributed by atoms with Gasteiger partial charge in [-0.25, -0.2) is 0 Å². The third-order valence-corrected chi connectivity index (χ3v) is 0.768. The maximum Gasteiger partial charge on any atom is 0.220 e. The van der Waals surface area contributed by atoms with Crippen molar-refractivity contribution in [2.75, 3.05) is 0 Å². The average Bonchev–Trinajstić information content (AvgIpc) is 1.63. The molecule has 0 aromatic rings. The normalized spacial score (nSPS) is 10.7. The van der Waals surface area contributed by atoms with E-state index in [4.69, 9.17) is 0 Å². The second kappa shape index (κ2) is 4.13. The van der Waals surface area contributed by atoms with Crippen molar-refractivity contribution in [3.05, 3.63) is 12.3 Å². The van der Waals surface area contributed by atoms with Crippen LogP contribution >= 0.6 is 0 Å². The molecule has 0 aliphatic heterocycles. The summed E-state index contributed by atoms with van der Waals surface area (Å²) >= 11 is 0. The summed E-state index contributed by atoms with van der Waals surface area (Å²) in [5, 5.41) is 2.56. The van der Waals surface area contributed by atoms with Crippen LogP contribution in [0.1, 0.15) is 20.8 Å². The van der Waals surface area contributed by atoms with Crippen LogP contribution in [-0.4, -0.2) is 5.91 Å². The van der Waals surface area contributed by atoms with Crippen LogP contribution in [0.15, 0.2) is 12.3 Å². The van der Waals surface area contributed by atoms with E-state index >= 15 is 0 Å². The minimum absolute atomic E-state index is 0.0214. The van der Waals surface area contributed by atoms with Gasteiger partial charge in [-0.2, -0.15) is 0 Å². The van der Waals surface area contributed by atoms with Crippen LogP contribution in [0.5, 0.6) is 0 Å². The summed E-state index contributed by atoms with van der Waals surface area (Å²) in [5.74, 6) is 0.476. The van der Waals surface area contributed by atoms with Crippen molar-refractivity contribution in [3.63, 3.8) is 0 Å². The van der Waals surface area contributed by atoms with E-state index in [1.807, 2.05) is 6.08 Å². The summed E-state index contributed by atoms with van der Waals surface area (Å²) in [6.45, 7) is 5.60. The van der Waals surface area contributed by atoms with E-state index in [0.717, 1.165) is 0 Å². The smallest absolute Gasteiger partial charge is 0.220 e. The van der Waals surface area contributed by atoms with E-state index in [-0.39, 0.29) is 5.91 Å². The van der Waals surface area contributed by atoms with Gasteiger partial charge in [-0.15, -0.1) is 0 Å². The van der Waals surface area contributed by atoms with E-state index in [1.165, 1.54) is 6.92 Å². The average molecular weight is 127 g/mol. The van der Waals surface area contributed by atoms with Crippen molar-refractivity contribution < 1.29 is 4.79 Å². The quantitative estimate of drug-likeness (QED) is 0.595. The third-order valence-electron chi connectivity index (χ3n) is 0.768. The molecule has 1 amide bonds. The number of hydrogen-bond donors (Lipinski definition) is 1. The first-order valence-electron chi connectivity index (χ1n) is 3.06. The third kappa shape index (κ3) is 7.21. The van der Waals surface area contributed by atoms with Gasteiger partial charge in [0, 0.05) is 6.92 Å². The predicted molar refractivity (Wildman–Crippen MR) is 37.8 cm³/mol. The van der Waals surface area contributed by atoms with Crippen LogP contribution in [0.4, 0.5) is 0 Å². The number of amides is 1. The highest BCUT2D eigenvalue weighted by Crippen LogP contribution is 1.90. The fraction of sp³-hybridized carbons (Fsp3) is 0.571. The van der Waals surface area contributed by atoms with Gasteiger partial charge in [0.1, 0.15) is 0 Å². The Morgan fingerprint density at radius 3 is 2.44 bits per heavy atom. The molecule has 2 nitrogen and oxygen atoms in total. The molecular weight excluding hydrogens is 114 g/mol. The predicted octanol–water partition coefficient (Wildman–Crippen LogP) is 1.29. The van der Waals surface area contributed by atoms with Gasteiger partial charge < -0.3 is 5.32 Å². The summed E-state index contributed by atoms with van der Waals surface area (Å²) in [6, 6.07) is 0. The fourth-order valence-electron chi connectivity index (χ4n) is 0.358. The minimum Gasteiger partial charge on any atom is -0.333 e. The molecule has 0 aliphatic rings. The topological polar surface area (TPSA) is 29.1 Å². The Balaban J connectivity index is 3.36. The second-order valence-corrected chi connectivity index (χ2v) is 2.30.